The highest BCUT2D eigenvalue weighted by Gasteiger charge is 2.25. The van der Waals surface area contributed by atoms with E-state index >= 15 is 0 Å². The molecule has 3 heteroatoms. The maximum Gasteiger partial charge on any atom is 0.220 e. The van der Waals surface area contributed by atoms with Crippen LogP contribution >= 0.6 is 0 Å². The summed E-state index contributed by atoms with van der Waals surface area (Å²) in [7, 11) is 1.76. The van der Waals surface area contributed by atoms with Gasteiger partial charge in [-0.2, -0.15) is 0 Å². The third-order valence-corrected chi connectivity index (χ3v) is 6.13. The number of rotatable bonds is 6. The van der Waals surface area contributed by atoms with Crippen molar-refractivity contribution < 1.29 is 9.53 Å². The van der Waals surface area contributed by atoms with Crippen LogP contribution in [0.3, 0.4) is 0 Å². The van der Waals surface area contributed by atoms with Crippen molar-refractivity contribution in [3.63, 3.8) is 0 Å². The minimum atomic E-state index is 0.236. The molecule has 0 heterocycles. The lowest BCUT2D eigenvalue weighted by atomic mass is 9.78. The molecule has 0 radical (unpaired) electrons. The standard InChI is InChI=1S/C23H29NO2/c1-26-21-15-13-17-7-4-10-19-16(12-14-20(21)23(17)19)6-5-11-22(25)24-18-8-2-3-9-18/h4,10,13,15,18H,2-3,5-9,11-12,14H2,1H3,(H,24,25). The van der Waals surface area contributed by atoms with Crippen molar-refractivity contribution in [1.82, 2.24) is 5.32 Å². The first kappa shape index (κ1) is 17.4. The third kappa shape index (κ3) is 3.44. The lowest BCUT2D eigenvalue weighted by Crippen LogP contribution is -2.32. The van der Waals surface area contributed by atoms with Gasteiger partial charge in [0, 0.05) is 18.0 Å². The Morgan fingerprint density at radius 1 is 1.23 bits per heavy atom. The van der Waals surface area contributed by atoms with Crippen LogP contribution in [-0.4, -0.2) is 19.1 Å². The monoisotopic (exact) mass is 351 g/mol. The summed E-state index contributed by atoms with van der Waals surface area (Å²) in [6.07, 6.45) is 15.2. The number of allylic oxidation sites excluding steroid dienone is 4. The second-order valence-electron chi connectivity index (χ2n) is 7.81. The van der Waals surface area contributed by atoms with Crippen LogP contribution in [0.1, 0.15) is 68.1 Å². The molecule has 1 N–H and O–H groups in total. The van der Waals surface area contributed by atoms with Crippen molar-refractivity contribution >= 4 is 11.5 Å². The molecule has 3 aliphatic rings. The molecule has 1 saturated carbocycles. The van der Waals surface area contributed by atoms with Gasteiger partial charge in [0.25, 0.3) is 0 Å². The summed E-state index contributed by atoms with van der Waals surface area (Å²) in [4.78, 5) is 12.2. The van der Waals surface area contributed by atoms with Gasteiger partial charge in [-0.25, -0.2) is 0 Å². The van der Waals surface area contributed by atoms with Crippen LogP contribution < -0.4 is 10.1 Å². The number of hydrogen-bond acceptors (Lipinski definition) is 2. The summed E-state index contributed by atoms with van der Waals surface area (Å²) in [5.74, 6) is 1.26. The summed E-state index contributed by atoms with van der Waals surface area (Å²) in [5, 5.41) is 3.21. The zero-order valence-corrected chi connectivity index (χ0v) is 15.8. The minimum Gasteiger partial charge on any atom is -0.496 e. The lowest BCUT2D eigenvalue weighted by molar-refractivity contribution is -0.121. The van der Waals surface area contributed by atoms with Gasteiger partial charge >= 0.3 is 0 Å². The molecule has 1 fully saturated rings. The molecule has 3 nitrogen and oxygen atoms in total. The fraction of sp³-hybridized carbons (Fsp3) is 0.522. The fourth-order valence-electron chi connectivity index (χ4n) is 4.81. The zero-order valence-electron chi connectivity index (χ0n) is 15.8. The molecule has 0 aromatic heterocycles. The topological polar surface area (TPSA) is 38.3 Å². The normalized spacial score (nSPS) is 18.8. The molecule has 1 aromatic carbocycles. The van der Waals surface area contributed by atoms with Crippen LogP contribution in [0.15, 0.2) is 29.9 Å². The van der Waals surface area contributed by atoms with Gasteiger partial charge in [0.05, 0.1) is 7.11 Å². The Balaban J connectivity index is 1.44. The van der Waals surface area contributed by atoms with Gasteiger partial charge in [-0.05, 0) is 67.7 Å². The van der Waals surface area contributed by atoms with Gasteiger partial charge in [-0.1, -0.05) is 36.6 Å². The second-order valence-corrected chi connectivity index (χ2v) is 7.81. The predicted molar refractivity (Wildman–Crippen MR) is 105 cm³/mol. The third-order valence-electron chi connectivity index (χ3n) is 6.13. The van der Waals surface area contributed by atoms with Crippen molar-refractivity contribution in [3.8, 4) is 5.75 Å². The van der Waals surface area contributed by atoms with E-state index in [1.807, 2.05) is 0 Å². The van der Waals surface area contributed by atoms with Gasteiger partial charge in [0.1, 0.15) is 5.75 Å². The SMILES string of the molecule is COc1ccc2c3c1CCC(CCCC(=O)NC1CCCC1)=C3C=CC2. The van der Waals surface area contributed by atoms with Crippen LogP contribution in [0, 0.1) is 0 Å². The Kier molecular flexibility index (Phi) is 5.14. The number of amides is 1. The Hall–Kier alpha value is -2.03. The molecule has 0 spiro atoms. The Morgan fingerprint density at radius 3 is 2.88 bits per heavy atom. The smallest absolute Gasteiger partial charge is 0.220 e. The van der Waals surface area contributed by atoms with E-state index in [0.29, 0.717) is 12.5 Å². The highest BCUT2D eigenvalue weighted by molar-refractivity contribution is 5.85. The van der Waals surface area contributed by atoms with E-state index in [0.717, 1.165) is 50.7 Å². The molecule has 1 amide bonds. The first-order valence-corrected chi connectivity index (χ1v) is 10.1. The van der Waals surface area contributed by atoms with Crippen LogP contribution in [0.5, 0.6) is 5.75 Å². The molecular formula is C23H29NO2. The minimum absolute atomic E-state index is 0.236. The van der Waals surface area contributed by atoms with Gasteiger partial charge in [-0.15, -0.1) is 0 Å². The number of ether oxygens (including phenoxy) is 1. The number of nitrogens with one attached hydrogen (secondary N) is 1. The average molecular weight is 351 g/mol. The number of hydrogen-bond donors (Lipinski definition) is 1. The second kappa shape index (κ2) is 7.69. The molecule has 0 atom stereocenters. The number of methoxy groups -OCH3 is 1. The maximum absolute atomic E-state index is 12.2. The quantitative estimate of drug-likeness (QED) is 0.804. The number of benzene rings is 1. The lowest BCUT2D eigenvalue weighted by Gasteiger charge is -2.28. The Morgan fingerprint density at radius 2 is 2.08 bits per heavy atom. The van der Waals surface area contributed by atoms with Gasteiger partial charge < -0.3 is 10.1 Å². The fourth-order valence-corrected chi connectivity index (χ4v) is 4.81. The first-order valence-electron chi connectivity index (χ1n) is 10.1. The molecule has 4 rings (SSSR count). The summed E-state index contributed by atoms with van der Waals surface area (Å²) < 4.78 is 5.60. The Labute approximate surface area is 156 Å². The summed E-state index contributed by atoms with van der Waals surface area (Å²) in [5.41, 5.74) is 7.09. The van der Waals surface area contributed by atoms with E-state index in [-0.39, 0.29) is 5.91 Å². The van der Waals surface area contributed by atoms with Gasteiger partial charge in [-0.3, -0.25) is 4.79 Å². The average Bonchev–Trinajstić information content (AvgIpc) is 3.16. The van der Waals surface area contributed by atoms with Gasteiger partial charge in [0.15, 0.2) is 0 Å². The van der Waals surface area contributed by atoms with E-state index in [1.165, 1.54) is 40.7 Å². The van der Waals surface area contributed by atoms with E-state index in [1.54, 1.807) is 7.11 Å². The Bertz CT molecular complexity index is 754. The molecular weight excluding hydrogens is 322 g/mol. The van der Waals surface area contributed by atoms with Crippen molar-refractivity contribution in [2.45, 2.75) is 70.3 Å². The predicted octanol–water partition coefficient (Wildman–Crippen LogP) is 4.74. The van der Waals surface area contributed by atoms with Crippen LogP contribution in [0.4, 0.5) is 0 Å². The highest BCUT2D eigenvalue weighted by Crippen LogP contribution is 2.42. The molecule has 0 unspecified atom stereocenters. The highest BCUT2D eigenvalue weighted by atomic mass is 16.5. The van der Waals surface area contributed by atoms with Crippen molar-refractivity contribution in [2.75, 3.05) is 7.11 Å². The van der Waals surface area contributed by atoms with E-state index < -0.39 is 0 Å². The summed E-state index contributed by atoms with van der Waals surface area (Å²) in [6.45, 7) is 0. The van der Waals surface area contributed by atoms with Crippen LogP contribution in [-0.2, 0) is 17.6 Å². The summed E-state index contributed by atoms with van der Waals surface area (Å²) in [6, 6.07) is 4.75. The van der Waals surface area contributed by atoms with E-state index in [9.17, 15) is 4.79 Å². The molecule has 26 heavy (non-hydrogen) atoms. The van der Waals surface area contributed by atoms with Crippen molar-refractivity contribution in [1.29, 1.82) is 0 Å². The molecule has 3 aliphatic carbocycles. The van der Waals surface area contributed by atoms with E-state index in [4.69, 9.17) is 4.74 Å². The number of carbonyl (C=O) groups excluding carboxylic acids is 1. The van der Waals surface area contributed by atoms with E-state index in [2.05, 4.69) is 29.6 Å². The molecule has 0 aliphatic heterocycles. The van der Waals surface area contributed by atoms with Crippen molar-refractivity contribution in [3.05, 3.63) is 46.5 Å². The molecule has 0 saturated heterocycles. The zero-order chi connectivity index (χ0) is 17.9. The van der Waals surface area contributed by atoms with Gasteiger partial charge in [0.2, 0.25) is 5.91 Å². The summed E-state index contributed by atoms with van der Waals surface area (Å²) >= 11 is 0. The largest absolute Gasteiger partial charge is 0.496 e. The molecule has 0 bridgehead atoms. The first-order chi connectivity index (χ1) is 12.8. The maximum atomic E-state index is 12.2. The van der Waals surface area contributed by atoms with Crippen LogP contribution in [0.25, 0.3) is 5.57 Å². The molecule has 138 valence electrons. The number of carbonyl (C=O) groups is 1. The molecule has 1 aromatic rings. The van der Waals surface area contributed by atoms with Crippen LogP contribution in [0.2, 0.25) is 0 Å². The van der Waals surface area contributed by atoms with Crippen molar-refractivity contribution in [2.24, 2.45) is 0 Å².